The Hall–Kier alpha value is -4.07. The van der Waals surface area contributed by atoms with Gasteiger partial charge in [0.15, 0.2) is 0 Å². The van der Waals surface area contributed by atoms with Gasteiger partial charge in [0.25, 0.3) is 0 Å². The number of sulfonamides is 1. The van der Waals surface area contributed by atoms with Crippen molar-refractivity contribution in [2.75, 3.05) is 50.8 Å². The number of esters is 1. The van der Waals surface area contributed by atoms with E-state index in [0.717, 1.165) is 88.7 Å². The second kappa shape index (κ2) is 19.9. The van der Waals surface area contributed by atoms with Crippen LogP contribution < -0.4 is 14.4 Å². The van der Waals surface area contributed by atoms with Gasteiger partial charge < -0.3 is 23.8 Å². The highest BCUT2D eigenvalue weighted by Crippen LogP contribution is 2.51. The van der Waals surface area contributed by atoms with Crippen LogP contribution in [0, 0.1) is 29.5 Å². The molecule has 66 heavy (non-hydrogen) atoms. The van der Waals surface area contributed by atoms with Crippen molar-refractivity contribution in [1.29, 1.82) is 0 Å². The van der Waals surface area contributed by atoms with Crippen LogP contribution in [0.1, 0.15) is 92.4 Å². The van der Waals surface area contributed by atoms with Crippen LogP contribution >= 0.6 is 23.4 Å². The Bertz CT molecular complexity index is 2480. The van der Waals surface area contributed by atoms with Crippen molar-refractivity contribution in [3.8, 4) is 11.5 Å². The van der Waals surface area contributed by atoms with E-state index in [4.69, 9.17) is 30.5 Å². The molecule has 4 aromatic carbocycles. The molecule has 3 aliphatic carbocycles. The third-order valence-corrected chi connectivity index (χ3v) is 17.9. The molecule has 0 amide bonds. The first-order valence-electron chi connectivity index (χ1n) is 23.2. The predicted octanol–water partition coefficient (Wildman–Crippen LogP) is 11.3. The number of carbonyl (C=O) groups excluding carboxylic acids is 1. The Morgan fingerprint density at radius 3 is 2.18 bits per heavy atom. The molecular weight excluding hydrogens is 895 g/mol. The molecular formula is C53H64ClFN2O7S2. The highest BCUT2D eigenvalue weighted by Gasteiger charge is 2.46. The molecule has 1 unspecified atom stereocenters. The summed E-state index contributed by atoms with van der Waals surface area (Å²) >= 11 is 8.13. The molecule has 0 aromatic heterocycles. The summed E-state index contributed by atoms with van der Waals surface area (Å²) < 4.78 is 68.8. The predicted molar refractivity (Wildman–Crippen MR) is 262 cm³/mol. The summed E-state index contributed by atoms with van der Waals surface area (Å²) in [6, 6.07) is 24.7. The standard InChI is InChI=1S/C53H64ClFN2O7S2/c1-34(31-66(59,60)57(28-35-10-16-41(61-5)17-11-35)29-36-12-18-42(62-6)19-13-36)39-25-40(26-39)50(63-7)43-20-14-38(43)30-56-32-53(24-8-9-44-45(53)21-22-46(54)49(44)55)33-65-48-23-15-37(27-47(48)56)51(58)64-52(2,3)4/h10-13,15-19,21-23,25,27,34,38-39,43,50H,8-9,14,20,24,26,28-33H2,1-7H3/t34-,38+,39?,43-,50+,53+/m1/s1. The number of allylic oxidation sites excluding steroid dienone is 1. The van der Waals surface area contributed by atoms with Gasteiger partial charge in [0, 0.05) is 49.4 Å². The number of fused-ring (bicyclic) bond motifs is 3. The van der Waals surface area contributed by atoms with Gasteiger partial charge >= 0.3 is 5.97 Å². The molecule has 6 atom stereocenters. The van der Waals surface area contributed by atoms with Crippen molar-refractivity contribution in [2.24, 2.45) is 23.7 Å². The molecule has 9 nitrogen and oxygen atoms in total. The summed E-state index contributed by atoms with van der Waals surface area (Å²) in [5, 5.41) is 0.164. The van der Waals surface area contributed by atoms with Crippen molar-refractivity contribution >= 4 is 45.0 Å². The number of anilines is 1. The molecule has 8 rings (SSSR count). The van der Waals surface area contributed by atoms with Crippen LogP contribution in [0.25, 0.3) is 0 Å². The van der Waals surface area contributed by atoms with Gasteiger partial charge in [0.1, 0.15) is 22.9 Å². The number of methoxy groups -OCH3 is 3. The third-order valence-electron chi connectivity index (χ3n) is 14.3. The number of hydrogen-bond acceptors (Lipinski definition) is 9. The van der Waals surface area contributed by atoms with E-state index in [1.807, 2.05) is 100 Å². The minimum atomic E-state index is -3.68. The minimum absolute atomic E-state index is 0.0239. The molecule has 354 valence electrons. The van der Waals surface area contributed by atoms with Gasteiger partial charge in [0.05, 0.1) is 42.3 Å². The fourth-order valence-electron chi connectivity index (χ4n) is 10.5. The van der Waals surface area contributed by atoms with E-state index in [2.05, 4.69) is 11.0 Å². The Kier molecular flexibility index (Phi) is 14.6. The number of halogens is 2. The third kappa shape index (κ3) is 10.5. The van der Waals surface area contributed by atoms with Crippen molar-refractivity contribution in [2.45, 2.75) is 101 Å². The quantitative estimate of drug-likeness (QED) is 0.0804. The second-order valence-electron chi connectivity index (χ2n) is 19.9. The molecule has 1 fully saturated rings. The van der Waals surface area contributed by atoms with E-state index in [-0.39, 0.29) is 64.9 Å². The van der Waals surface area contributed by atoms with Crippen molar-refractivity contribution < 1.29 is 36.6 Å². The summed E-state index contributed by atoms with van der Waals surface area (Å²) in [7, 11) is 1.34. The van der Waals surface area contributed by atoms with Crippen LogP contribution in [0.4, 0.5) is 10.1 Å². The molecule has 4 aliphatic rings. The number of ether oxygens (including phenoxy) is 4. The average molecular weight is 960 g/mol. The Labute approximate surface area is 400 Å². The first-order chi connectivity index (χ1) is 31.5. The maximum Gasteiger partial charge on any atom is 0.338 e. The molecule has 0 N–H and O–H groups in total. The zero-order chi connectivity index (χ0) is 47.0. The molecule has 4 aromatic rings. The molecule has 13 heteroatoms. The van der Waals surface area contributed by atoms with E-state index >= 15 is 4.39 Å². The topological polar surface area (TPSA) is 94.6 Å². The first kappa shape index (κ1) is 48.4. The van der Waals surface area contributed by atoms with Gasteiger partial charge in [-0.15, -0.1) is 11.8 Å². The zero-order valence-electron chi connectivity index (χ0n) is 39.3. The van der Waals surface area contributed by atoms with E-state index < -0.39 is 15.6 Å². The molecule has 1 aliphatic heterocycles. The second-order valence-corrected chi connectivity index (χ2v) is 23.3. The molecule has 0 radical (unpaired) electrons. The first-order valence-corrected chi connectivity index (χ1v) is 26.2. The summed E-state index contributed by atoms with van der Waals surface area (Å²) in [5.74, 6) is 2.16. The molecule has 0 saturated heterocycles. The highest BCUT2D eigenvalue weighted by atomic mass is 35.5. The Morgan fingerprint density at radius 2 is 1.61 bits per heavy atom. The molecule has 0 bridgehead atoms. The normalized spacial score (nSPS) is 22.5. The van der Waals surface area contributed by atoms with Gasteiger partial charge in [-0.2, -0.15) is 4.31 Å². The lowest BCUT2D eigenvalue weighted by Gasteiger charge is -2.48. The van der Waals surface area contributed by atoms with Gasteiger partial charge in [-0.3, -0.25) is 0 Å². The van der Waals surface area contributed by atoms with Crippen molar-refractivity contribution in [3.63, 3.8) is 0 Å². The molecule has 1 heterocycles. The van der Waals surface area contributed by atoms with Crippen LogP contribution in [0.3, 0.4) is 0 Å². The number of thioether (sulfide) groups is 1. The zero-order valence-corrected chi connectivity index (χ0v) is 41.7. The van der Waals surface area contributed by atoms with Gasteiger partial charge in [0.2, 0.25) is 10.0 Å². The van der Waals surface area contributed by atoms with Crippen molar-refractivity contribution in [3.05, 3.63) is 129 Å². The monoisotopic (exact) mass is 958 g/mol. The van der Waals surface area contributed by atoms with Crippen LogP contribution in [0.2, 0.25) is 5.02 Å². The van der Waals surface area contributed by atoms with Crippen LogP contribution in [-0.2, 0) is 44.4 Å². The summed E-state index contributed by atoms with van der Waals surface area (Å²) in [5.41, 5.74) is 5.34. The average Bonchev–Trinajstić information content (AvgIpc) is 3.41. The van der Waals surface area contributed by atoms with E-state index in [0.29, 0.717) is 24.4 Å². The van der Waals surface area contributed by atoms with Crippen LogP contribution in [0.15, 0.2) is 95.4 Å². The Morgan fingerprint density at radius 1 is 0.955 bits per heavy atom. The lowest BCUT2D eigenvalue weighted by Crippen LogP contribution is -2.50. The van der Waals surface area contributed by atoms with Gasteiger partial charge in [-0.25, -0.2) is 17.6 Å². The van der Waals surface area contributed by atoms with Gasteiger partial charge in [-0.05, 0) is 159 Å². The summed E-state index contributed by atoms with van der Waals surface area (Å²) in [6.45, 7) is 9.60. The van der Waals surface area contributed by atoms with Gasteiger partial charge in [-0.1, -0.05) is 54.9 Å². The maximum atomic E-state index is 15.7. The lowest BCUT2D eigenvalue weighted by molar-refractivity contribution is -0.000269. The van der Waals surface area contributed by atoms with Crippen LogP contribution in [-0.4, -0.2) is 76.3 Å². The largest absolute Gasteiger partial charge is 0.497 e. The fraction of sp³-hybridized carbons (Fsp3) is 0.491. The smallest absolute Gasteiger partial charge is 0.338 e. The molecule has 1 spiro atoms. The number of rotatable bonds is 16. The number of nitrogens with zero attached hydrogens (tertiary/aromatic N) is 2. The van der Waals surface area contributed by atoms with E-state index in [1.165, 1.54) is 5.57 Å². The lowest BCUT2D eigenvalue weighted by atomic mass is 9.64. The molecule has 1 saturated carbocycles. The summed E-state index contributed by atoms with van der Waals surface area (Å²) in [4.78, 5) is 17.0. The van der Waals surface area contributed by atoms with E-state index in [1.54, 1.807) is 43.5 Å². The summed E-state index contributed by atoms with van der Waals surface area (Å²) in [6.07, 6.45) is 7.48. The SMILES string of the molecule is COc1ccc(CN(Cc2ccc(OC)cc2)S(=O)(=O)C[C@@H](C)C2C=C([C@H](OC)[C@@H]3CC[C@H]3CN3C[C@@]4(CCCc5c4ccc(Cl)c5F)CSc4ccc(C(=O)OC(C)(C)C)cc43)C2)cc1. The van der Waals surface area contributed by atoms with Crippen molar-refractivity contribution in [1.82, 2.24) is 4.31 Å². The number of benzene rings is 4. The number of hydrogen-bond donors (Lipinski definition) is 0. The highest BCUT2D eigenvalue weighted by molar-refractivity contribution is 7.99. The fourth-order valence-corrected chi connectivity index (χ4v) is 13.8. The Balaban J connectivity index is 1.00. The van der Waals surface area contributed by atoms with E-state index in [9.17, 15) is 13.2 Å². The van der Waals surface area contributed by atoms with Crippen LogP contribution in [0.5, 0.6) is 11.5 Å². The number of carbonyl (C=O) groups is 1. The maximum absolute atomic E-state index is 15.7. The minimum Gasteiger partial charge on any atom is -0.497 e.